The number of sulfone groups is 1. The number of nitrogens with zero attached hydrogens (tertiary/aromatic N) is 1. The Bertz CT molecular complexity index is 880. The quantitative estimate of drug-likeness (QED) is 0.723. The van der Waals surface area contributed by atoms with E-state index in [2.05, 4.69) is 5.32 Å². The van der Waals surface area contributed by atoms with Gasteiger partial charge in [0.1, 0.15) is 0 Å². The van der Waals surface area contributed by atoms with E-state index in [-0.39, 0.29) is 22.4 Å². The molecule has 1 N–H and O–H groups in total. The van der Waals surface area contributed by atoms with Crippen LogP contribution in [-0.2, 0) is 29.0 Å². The molecule has 1 heterocycles. The Balaban J connectivity index is 1.85. The minimum absolute atomic E-state index is 0.00411. The van der Waals surface area contributed by atoms with Crippen molar-refractivity contribution in [1.82, 2.24) is 4.90 Å². The first-order valence-electron chi connectivity index (χ1n) is 9.44. The average molecular weight is 425 g/mol. The molecule has 0 unspecified atom stereocenters. The molecule has 0 atom stereocenters. The largest absolute Gasteiger partial charge is 0.455 e. The second-order valence-corrected chi connectivity index (χ2v) is 10.2. The summed E-state index contributed by atoms with van der Waals surface area (Å²) in [5, 5.41) is 2.47. The molecule has 1 aliphatic heterocycles. The van der Waals surface area contributed by atoms with E-state index >= 15 is 0 Å². The molecule has 0 spiro atoms. The molecule has 1 fully saturated rings. The molecule has 0 radical (unpaired) electrons. The van der Waals surface area contributed by atoms with Gasteiger partial charge in [-0.15, -0.1) is 0 Å². The molecule has 2 rings (SSSR count). The number of likely N-dealkylation sites (tertiary alicyclic amines) is 1. The van der Waals surface area contributed by atoms with Gasteiger partial charge in [-0.1, -0.05) is 32.9 Å². The number of carbonyl (C=O) groups excluding carboxylic acids is 3. The van der Waals surface area contributed by atoms with Gasteiger partial charge in [0.15, 0.2) is 16.4 Å². The van der Waals surface area contributed by atoms with Crippen molar-refractivity contribution >= 4 is 33.3 Å². The van der Waals surface area contributed by atoms with Gasteiger partial charge < -0.3 is 15.0 Å². The lowest BCUT2D eigenvalue weighted by atomic mass is 9.91. The fourth-order valence-corrected chi connectivity index (χ4v) is 3.97. The summed E-state index contributed by atoms with van der Waals surface area (Å²) >= 11 is 0. The summed E-state index contributed by atoms with van der Waals surface area (Å²) in [5.74, 6) is -1.42. The van der Waals surface area contributed by atoms with Gasteiger partial charge in [-0.25, -0.2) is 8.42 Å². The molecule has 1 saturated heterocycles. The van der Waals surface area contributed by atoms with Crippen LogP contribution < -0.4 is 5.32 Å². The number of esters is 1. The van der Waals surface area contributed by atoms with Crippen molar-refractivity contribution in [3.05, 3.63) is 24.3 Å². The summed E-state index contributed by atoms with van der Waals surface area (Å²) in [5.41, 5.74) is -0.321. The van der Waals surface area contributed by atoms with Gasteiger partial charge in [-0.05, 0) is 25.0 Å². The molecule has 0 saturated carbocycles. The van der Waals surface area contributed by atoms with E-state index in [1.54, 1.807) is 17.0 Å². The number of hydrogen-bond donors (Lipinski definition) is 1. The number of amides is 2. The van der Waals surface area contributed by atoms with Crippen LogP contribution in [0, 0.1) is 11.3 Å². The molecule has 160 valence electrons. The number of benzene rings is 1. The third kappa shape index (κ3) is 6.28. The summed E-state index contributed by atoms with van der Waals surface area (Å²) in [7, 11) is -3.51. The molecule has 9 heteroatoms. The molecular formula is C20H28N2O6S. The molecule has 1 aliphatic rings. The topological polar surface area (TPSA) is 110 Å². The van der Waals surface area contributed by atoms with Crippen molar-refractivity contribution in [2.45, 2.75) is 38.5 Å². The summed E-state index contributed by atoms with van der Waals surface area (Å²) in [4.78, 5) is 38.4. The van der Waals surface area contributed by atoms with Gasteiger partial charge >= 0.3 is 5.97 Å². The summed E-state index contributed by atoms with van der Waals surface area (Å²) in [6.07, 6.45) is 2.02. The van der Waals surface area contributed by atoms with E-state index in [1.165, 1.54) is 12.1 Å². The predicted molar refractivity (Wildman–Crippen MR) is 108 cm³/mol. The molecule has 8 nitrogen and oxygen atoms in total. The molecule has 0 aromatic heterocycles. The van der Waals surface area contributed by atoms with Gasteiger partial charge in [0.05, 0.1) is 16.5 Å². The Labute approximate surface area is 171 Å². The van der Waals surface area contributed by atoms with Gasteiger partial charge in [-0.2, -0.15) is 0 Å². The van der Waals surface area contributed by atoms with Gasteiger partial charge in [0.2, 0.25) is 5.91 Å². The molecule has 1 aromatic carbocycles. The number of ether oxygens (including phenoxy) is 1. The van der Waals surface area contributed by atoms with Crippen LogP contribution in [0.4, 0.5) is 5.69 Å². The van der Waals surface area contributed by atoms with Gasteiger partial charge in [0.25, 0.3) is 5.91 Å². The molecule has 2 amide bonds. The Kier molecular flexibility index (Phi) is 7.05. The molecular weight excluding hydrogens is 396 g/mol. The summed E-state index contributed by atoms with van der Waals surface area (Å²) in [6.45, 7) is 6.02. The molecule has 1 aromatic rings. The minimum Gasteiger partial charge on any atom is -0.455 e. The number of anilines is 1. The smallest absolute Gasteiger partial charge is 0.309 e. The van der Waals surface area contributed by atoms with Crippen molar-refractivity contribution in [2.75, 3.05) is 31.3 Å². The highest BCUT2D eigenvalue weighted by molar-refractivity contribution is 7.90. The summed E-state index contributed by atoms with van der Waals surface area (Å²) in [6, 6.07) is 6.02. The van der Waals surface area contributed by atoms with Crippen LogP contribution in [-0.4, -0.2) is 57.1 Å². The zero-order valence-corrected chi connectivity index (χ0v) is 18.0. The highest BCUT2D eigenvalue weighted by Crippen LogP contribution is 2.24. The van der Waals surface area contributed by atoms with Crippen LogP contribution in [0.1, 0.15) is 33.6 Å². The SMILES string of the molecule is CC(C)(C)C(=O)N1CCC(C(=O)OCC(=O)Nc2ccccc2S(C)(=O)=O)CC1. The minimum atomic E-state index is -3.51. The third-order valence-corrected chi connectivity index (χ3v) is 5.82. The van der Waals surface area contributed by atoms with Crippen LogP contribution in [0.25, 0.3) is 0 Å². The van der Waals surface area contributed by atoms with E-state index in [0.717, 1.165) is 6.26 Å². The summed E-state index contributed by atoms with van der Waals surface area (Å²) < 4.78 is 28.7. The van der Waals surface area contributed by atoms with Crippen LogP contribution >= 0.6 is 0 Å². The normalized spacial score (nSPS) is 15.7. The first-order valence-corrected chi connectivity index (χ1v) is 11.3. The Morgan fingerprint density at radius 2 is 1.72 bits per heavy atom. The van der Waals surface area contributed by atoms with Crippen molar-refractivity contribution in [3.8, 4) is 0 Å². The second kappa shape index (κ2) is 8.94. The number of carbonyl (C=O) groups is 3. The van der Waals surface area contributed by atoms with E-state index in [1.807, 2.05) is 20.8 Å². The lowest BCUT2D eigenvalue weighted by molar-refractivity contribution is -0.155. The molecule has 29 heavy (non-hydrogen) atoms. The van der Waals surface area contributed by atoms with E-state index in [4.69, 9.17) is 4.74 Å². The maximum atomic E-state index is 12.3. The lowest BCUT2D eigenvalue weighted by Gasteiger charge is -2.34. The fourth-order valence-electron chi connectivity index (χ4n) is 3.13. The highest BCUT2D eigenvalue weighted by atomic mass is 32.2. The zero-order valence-electron chi connectivity index (χ0n) is 17.2. The number of piperidine rings is 1. The highest BCUT2D eigenvalue weighted by Gasteiger charge is 2.33. The van der Waals surface area contributed by atoms with Crippen molar-refractivity contribution in [1.29, 1.82) is 0 Å². The van der Waals surface area contributed by atoms with Crippen molar-refractivity contribution in [2.24, 2.45) is 11.3 Å². The van der Waals surface area contributed by atoms with Crippen LogP contribution in [0.3, 0.4) is 0 Å². The number of hydrogen-bond acceptors (Lipinski definition) is 6. The first kappa shape index (κ1) is 22.9. The molecule has 0 bridgehead atoms. The maximum Gasteiger partial charge on any atom is 0.309 e. The lowest BCUT2D eigenvalue weighted by Crippen LogP contribution is -2.45. The van der Waals surface area contributed by atoms with Crippen LogP contribution in [0.2, 0.25) is 0 Å². The first-order chi connectivity index (χ1) is 13.4. The maximum absolute atomic E-state index is 12.3. The average Bonchev–Trinajstić information content (AvgIpc) is 2.64. The van der Waals surface area contributed by atoms with E-state index in [0.29, 0.717) is 25.9 Å². The number of nitrogens with one attached hydrogen (secondary N) is 1. The third-order valence-electron chi connectivity index (χ3n) is 4.66. The number of para-hydroxylation sites is 1. The van der Waals surface area contributed by atoms with Crippen LogP contribution in [0.5, 0.6) is 0 Å². The Morgan fingerprint density at radius 3 is 2.28 bits per heavy atom. The van der Waals surface area contributed by atoms with E-state index < -0.39 is 33.7 Å². The Hall–Kier alpha value is -2.42. The molecule has 0 aliphatic carbocycles. The standard InChI is InChI=1S/C20H28N2O6S/c1-20(2,3)19(25)22-11-9-14(10-12-22)18(24)28-13-17(23)21-15-7-5-6-8-16(15)29(4,26)27/h5-8,14H,9-13H2,1-4H3,(H,21,23). The fraction of sp³-hybridized carbons (Fsp3) is 0.550. The van der Waals surface area contributed by atoms with Crippen molar-refractivity contribution in [3.63, 3.8) is 0 Å². The predicted octanol–water partition coefficient (Wildman–Crippen LogP) is 1.86. The Morgan fingerprint density at radius 1 is 1.14 bits per heavy atom. The van der Waals surface area contributed by atoms with Gasteiger partial charge in [-0.3, -0.25) is 14.4 Å². The van der Waals surface area contributed by atoms with Gasteiger partial charge in [0, 0.05) is 24.8 Å². The van der Waals surface area contributed by atoms with Crippen molar-refractivity contribution < 1.29 is 27.5 Å². The second-order valence-electron chi connectivity index (χ2n) is 8.24. The van der Waals surface area contributed by atoms with E-state index in [9.17, 15) is 22.8 Å². The number of rotatable bonds is 5. The monoisotopic (exact) mass is 424 g/mol. The zero-order chi connectivity index (χ0) is 21.8. The van der Waals surface area contributed by atoms with Crippen LogP contribution in [0.15, 0.2) is 29.2 Å².